The molecule has 0 amide bonds. The number of aromatic nitrogens is 2. The summed E-state index contributed by atoms with van der Waals surface area (Å²) < 4.78 is 42.4. The Balaban J connectivity index is 2.93. The van der Waals surface area contributed by atoms with Crippen molar-refractivity contribution >= 4 is 11.6 Å². The molecular weight excluding hydrogens is 261 g/mol. The van der Waals surface area contributed by atoms with Crippen molar-refractivity contribution in [3.8, 4) is 0 Å². The molecule has 108 valence electrons. The van der Waals surface area contributed by atoms with Crippen LogP contribution in [-0.4, -0.2) is 35.8 Å². The lowest BCUT2D eigenvalue weighted by Crippen LogP contribution is -2.35. The lowest BCUT2D eigenvalue weighted by Gasteiger charge is -2.23. The monoisotopic (exact) mass is 278 g/mol. The summed E-state index contributed by atoms with van der Waals surface area (Å²) in [5.74, 6) is 0.555. The lowest BCUT2D eigenvalue weighted by molar-refractivity contribution is -0.119. The van der Waals surface area contributed by atoms with Gasteiger partial charge in [-0.25, -0.2) is 9.97 Å². The van der Waals surface area contributed by atoms with Crippen molar-refractivity contribution in [2.75, 3.05) is 30.3 Å². The van der Waals surface area contributed by atoms with Gasteiger partial charge >= 0.3 is 6.18 Å². The summed E-state index contributed by atoms with van der Waals surface area (Å²) in [5.41, 5.74) is 5.57. The Hall–Kier alpha value is -1.57. The zero-order valence-corrected chi connectivity index (χ0v) is 10.9. The fraction of sp³-hybridized carbons (Fsp3) is 0.636. The zero-order chi connectivity index (χ0) is 14.5. The summed E-state index contributed by atoms with van der Waals surface area (Å²) in [6, 6.07) is 1.32. The van der Waals surface area contributed by atoms with E-state index in [0.29, 0.717) is 6.61 Å². The first-order valence-corrected chi connectivity index (χ1v) is 5.88. The molecule has 2 N–H and O–H groups in total. The first-order valence-electron chi connectivity index (χ1n) is 5.88. The molecule has 0 atom stereocenters. The van der Waals surface area contributed by atoms with Crippen LogP contribution in [0.1, 0.15) is 19.7 Å². The predicted octanol–water partition coefficient (Wildman–Crippen LogP) is 1.98. The largest absolute Gasteiger partial charge is 0.405 e. The van der Waals surface area contributed by atoms with Gasteiger partial charge in [-0.15, -0.1) is 0 Å². The van der Waals surface area contributed by atoms with Crippen molar-refractivity contribution in [3.05, 3.63) is 11.9 Å². The SMILES string of the molecule is CCOCc1nc(N)cc(N(CC)CC(F)(F)F)n1. The van der Waals surface area contributed by atoms with Gasteiger partial charge in [0.05, 0.1) is 0 Å². The summed E-state index contributed by atoms with van der Waals surface area (Å²) >= 11 is 0. The first-order chi connectivity index (χ1) is 8.85. The fourth-order valence-electron chi connectivity index (χ4n) is 1.49. The van der Waals surface area contributed by atoms with Crippen LogP contribution in [0.15, 0.2) is 6.07 Å². The van der Waals surface area contributed by atoms with Gasteiger partial charge in [-0.05, 0) is 13.8 Å². The second-order valence-corrected chi connectivity index (χ2v) is 3.83. The number of anilines is 2. The summed E-state index contributed by atoms with van der Waals surface area (Å²) in [5, 5.41) is 0. The third-order valence-electron chi connectivity index (χ3n) is 2.29. The van der Waals surface area contributed by atoms with Crippen molar-refractivity contribution in [3.63, 3.8) is 0 Å². The van der Waals surface area contributed by atoms with E-state index in [1.807, 2.05) is 0 Å². The number of nitrogens with two attached hydrogens (primary N) is 1. The average molecular weight is 278 g/mol. The van der Waals surface area contributed by atoms with Crippen LogP contribution >= 0.6 is 0 Å². The molecule has 1 aromatic heterocycles. The predicted molar refractivity (Wildman–Crippen MR) is 65.7 cm³/mol. The Bertz CT molecular complexity index is 411. The van der Waals surface area contributed by atoms with Crippen molar-refractivity contribution in [2.45, 2.75) is 26.6 Å². The van der Waals surface area contributed by atoms with Gasteiger partial charge in [-0.1, -0.05) is 0 Å². The third kappa shape index (κ3) is 5.29. The molecule has 0 aliphatic rings. The Morgan fingerprint density at radius 1 is 1.32 bits per heavy atom. The molecule has 0 saturated carbocycles. The number of nitrogens with zero attached hydrogens (tertiary/aromatic N) is 3. The molecule has 8 heteroatoms. The van der Waals surface area contributed by atoms with E-state index >= 15 is 0 Å². The smallest absolute Gasteiger partial charge is 0.384 e. The van der Waals surface area contributed by atoms with Gasteiger partial charge in [0.25, 0.3) is 0 Å². The Kier molecular flexibility index (Phi) is 5.34. The Morgan fingerprint density at radius 3 is 2.53 bits per heavy atom. The molecule has 0 aliphatic heterocycles. The number of hydrogen-bond donors (Lipinski definition) is 1. The molecule has 1 aromatic rings. The highest BCUT2D eigenvalue weighted by Crippen LogP contribution is 2.21. The van der Waals surface area contributed by atoms with E-state index in [2.05, 4.69) is 9.97 Å². The van der Waals surface area contributed by atoms with Crippen LogP contribution in [0, 0.1) is 0 Å². The van der Waals surface area contributed by atoms with E-state index in [9.17, 15) is 13.2 Å². The van der Waals surface area contributed by atoms with E-state index < -0.39 is 12.7 Å². The second kappa shape index (κ2) is 6.55. The fourth-order valence-corrected chi connectivity index (χ4v) is 1.49. The molecule has 1 rings (SSSR count). The van der Waals surface area contributed by atoms with Crippen molar-refractivity contribution < 1.29 is 17.9 Å². The highest BCUT2D eigenvalue weighted by Gasteiger charge is 2.31. The molecule has 0 spiro atoms. The second-order valence-electron chi connectivity index (χ2n) is 3.83. The molecule has 5 nitrogen and oxygen atoms in total. The number of alkyl halides is 3. The highest BCUT2D eigenvalue weighted by molar-refractivity contribution is 5.47. The molecule has 0 aliphatic carbocycles. The molecule has 1 heterocycles. The Labute approximate surface area is 109 Å². The highest BCUT2D eigenvalue weighted by atomic mass is 19.4. The van der Waals surface area contributed by atoms with Gasteiger partial charge in [0, 0.05) is 19.2 Å². The number of hydrogen-bond acceptors (Lipinski definition) is 5. The maximum atomic E-state index is 12.4. The minimum atomic E-state index is -4.30. The number of rotatable bonds is 6. The van der Waals surface area contributed by atoms with Crippen LogP contribution in [0.2, 0.25) is 0 Å². The van der Waals surface area contributed by atoms with Crippen LogP contribution in [0.5, 0.6) is 0 Å². The lowest BCUT2D eigenvalue weighted by atomic mass is 10.4. The number of halogens is 3. The van der Waals surface area contributed by atoms with Gasteiger partial charge in [0.15, 0.2) is 5.82 Å². The van der Waals surface area contributed by atoms with Crippen LogP contribution < -0.4 is 10.6 Å². The molecular formula is C11H17F3N4O. The zero-order valence-electron chi connectivity index (χ0n) is 10.9. The molecule has 0 aromatic carbocycles. The minimum Gasteiger partial charge on any atom is -0.384 e. The maximum Gasteiger partial charge on any atom is 0.405 e. The average Bonchev–Trinajstić information content (AvgIpc) is 2.31. The molecule has 19 heavy (non-hydrogen) atoms. The summed E-state index contributed by atoms with van der Waals surface area (Å²) in [7, 11) is 0. The van der Waals surface area contributed by atoms with Crippen LogP contribution in [0.3, 0.4) is 0 Å². The maximum absolute atomic E-state index is 12.4. The van der Waals surface area contributed by atoms with E-state index in [1.165, 1.54) is 6.07 Å². The van der Waals surface area contributed by atoms with Crippen molar-refractivity contribution in [1.29, 1.82) is 0 Å². The minimum absolute atomic E-state index is 0.123. The quantitative estimate of drug-likeness (QED) is 0.862. The normalized spacial score (nSPS) is 11.6. The molecule has 0 saturated heterocycles. The van der Waals surface area contributed by atoms with Crippen LogP contribution in [0.4, 0.5) is 24.8 Å². The summed E-state index contributed by atoms with van der Waals surface area (Å²) in [6.45, 7) is 3.10. The summed E-state index contributed by atoms with van der Waals surface area (Å²) in [4.78, 5) is 9.05. The van der Waals surface area contributed by atoms with E-state index in [0.717, 1.165) is 4.90 Å². The number of ether oxygens (including phenoxy) is 1. The van der Waals surface area contributed by atoms with Crippen molar-refractivity contribution in [1.82, 2.24) is 9.97 Å². The van der Waals surface area contributed by atoms with E-state index in [1.54, 1.807) is 13.8 Å². The first kappa shape index (κ1) is 15.5. The Morgan fingerprint density at radius 2 is 2.00 bits per heavy atom. The third-order valence-corrected chi connectivity index (χ3v) is 2.29. The van der Waals surface area contributed by atoms with Gasteiger partial charge in [0.1, 0.15) is 24.8 Å². The topological polar surface area (TPSA) is 64.3 Å². The standard InChI is InChI=1S/C11H17F3N4O/c1-3-18(7-11(12,13)14)10-5-8(15)16-9(17-10)6-19-4-2/h5H,3-4,6-7H2,1-2H3,(H2,15,16,17). The molecule has 0 bridgehead atoms. The van der Waals surface area contributed by atoms with E-state index in [4.69, 9.17) is 10.5 Å². The molecule has 0 fully saturated rings. The van der Waals surface area contributed by atoms with Crippen molar-refractivity contribution in [2.24, 2.45) is 0 Å². The number of nitrogen functional groups attached to an aromatic ring is 1. The van der Waals surface area contributed by atoms with Gasteiger partial charge < -0.3 is 15.4 Å². The van der Waals surface area contributed by atoms with Crippen LogP contribution in [0.25, 0.3) is 0 Å². The van der Waals surface area contributed by atoms with Gasteiger partial charge in [-0.3, -0.25) is 0 Å². The van der Waals surface area contributed by atoms with E-state index in [-0.39, 0.29) is 30.6 Å². The molecule has 0 unspecified atom stereocenters. The van der Waals surface area contributed by atoms with Crippen LogP contribution in [-0.2, 0) is 11.3 Å². The molecule has 0 radical (unpaired) electrons. The summed E-state index contributed by atoms with van der Waals surface area (Å²) in [6.07, 6.45) is -4.30. The van der Waals surface area contributed by atoms with Gasteiger partial charge in [0.2, 0.25) is 0 Å². The van der Waals surface area contributed by atoms with Gasteiger partial charge in [-0.2, -0.15) is 13.2 Å².